The van der Waals surface area contributed by atoms with Crippen LogP contribution in [-0.2, 0) is 0 Å². The maximum Gasteiger partial charge on any atom is 0.152 e. The van der Waals surface area contributed by atoms with Crippen LogP contribution in [0.5, 0.6) is 0 Å². The SMILES string of the molecule is O=Cc1cccn2cc(C3CC3)cc12. The van der Waals surface area contributed by atoms with E-state index < -0.39 is 0 Å². The fourth-order valence-corrected chi connectivity index (χ4v) is 1.92. The van der Waals surface area contributed by atoms with E-state index in [0.717, 1.165) is 23.3 Å². The van der Waals surface area contributed by atoms with Gasteiger partial charge in [0.2, 0.25) is 0 Å². The molecule has 0 amide bonds. The van der Waals surface area contributed by atoms with Crippen LogP contribution in [-0.4, -0.2) is 10.7 Å². The molecule has 0 unspecified atom stereocenters. The Kier molecular flexibility index (Phi) is 1.51. The minimum atomic E-state index is 0.745. The first kappa shape index (κ1) is 7.80. The van der Waals surface area contributed by atoms with Crippen molar-refractivity contribution < 1.29 is 4.79 Å². The Morgan fingerprint density at radius 1 is 1.43 bits per heavy atom. The first-order chi connectivity index (χ1) is 6.88. The molecule has 0 atom stereocenters. The fourth-order valence-electron chi connectivity index (χ4n) is 1.92. The van der Waals surface area contributed by atoms with E-state index in [0.29, 0.717) is 0 Å². The van der Waals surface area contributed by atoms with Crippen molar-refractivity contribution in [3.05, 3.63) is 41.7 Å². The minimum absolute atomic E-state index is 0.745. The quantitative estimate of drug-likeness (QED) is 0.659. The molecule has 0 aromatic carbocycles. The highest BCUT2D eigenvalue weighted by molar-refractivity contribution is 5.86. The molecule has 1 aliphatic carbocycles. The first-order valence-electron chi connectivity index (χ1n) is 4.94. The van der Waals surface area contributed by atoms with E-state index in [1.54, 1.807) is 0 Å². The molecule has 2 aromatic rings. The van der Waals surface area contributed by atoms with Crippen molar-refractivity contribution in [2.45, 2.75) is 18.8 Å². The highest BCUT2D eigenvalue weighted by Gasteiger charge is 2.24. The van der Waals surface area contributed by atoms with Crippen LogP contribution in [0.2, 0.25) is 0 Å². The molecule has 1 aliphatic rings. The molecular weight excluding hydrogens is 174 g/mol. The Balaban J connectivity index is 2.25. The monoisotopic (exact) mass is 185 g/mol. The van der Waals surface area contributed by atoms with E-state index in [9.17, 15) is 4.79 Å². The zero-order valence-corrected chi connectivity index (χ0v) is 7.81. The summed E-state index contributed by atoms with van der Waals surface area (Å²) in [6.07, 6.45) is 7.65. The summed E-state index contributed by atoms with van der Waals surface area (Å²) in [4.78, 5) is 10.8. The Morgan fingerprint density at radius 2 is 2.29 bits per heavy atom. The number of hydrogen-bond donors (Lipinski definition) is 0. The topological polar surface area (TPSA) is 21.5 Å². The third-order valence-electron chi connectivity index (χ3n) is 2.86. The van der Waals surface area contributed by atoms with Crippen LogP contribution in [0.25, 0.3) is 5.52 Å². The summed E-state index contributed by atoms with van der Waals surface area (Å²) >= 11 is 0. The summed E-state index contributed by atoms with van der Waals surface area (Å²) in [6, 6.07) is 5.91. The van der Waals surface area contributed by atoms with Gasteiger partial charge < -0.3 is 4.40 Å². The summed E-state index contributed by atoms with van der Waals surface area (Å²) in [7, 11) is 0. The lowest BCUT2D eigenvalue weighted by molar-refractivity contribution is 0.112. The maximum atomic E-state index is 10.8. The van der Waals surface area contributed by atoms with E-state index in [1.807, 2.05) is 22.7 Å². The van der Waals surface area contributed by atoms with Crippen molar-refractivity contribution in [1.29, 1.82) is 0 Å². The van der Waals surface area contributed by atoms with Gasteiger partial charge in [-0.15, -0.1) is 0 Å². The van der Waals surface area contributed by atoms with Gasteiger partial charge in [0.1, 0.15) is 0 Å². The summed E-state index contributed by atoms with van der Waals surface area (Å²) in [5, 5.41) is 0. The van der Waals surface area contributed by atoms with Gasteiger partial charge in [0, 0.05) is 18.0 Å². The number of carbonyl (C=O) groups excluding carboxylic acids is 1. The van der Waals surface area contributed by atoms with Crippen LogP contribution in [0, 0.1) is 0 Å². The number of aromatic nitrogens is 1. The average molecular weight is 185 g/mol. The van der Waals surface area contributed by atoms with Crippen LogP contribution in [0.4, 0.5) is 0 Å². The Hall–Kier alpha value is -1.57. The van der Waals surface area contributed by atoms with Crippen LogP contribution >= 0.6 is 0 Å². The van der Waals surface area contributed by atoms with Gasteiger partial charge in [0.05, 0.1) is 5.52 Å². The molecular formula is C12H11NO. The van der Waals surface area contributed by atoms with Crippen LogP contribution in [0.3, 0.4) is 0 Å². The number of carbonyl (C=O) groups is 1. The van der Waals surface area contributed by atoms with Gasteiger partial charge in [-0.3, -0.25) is 4.79 Å². The summed E-state index contributed by atoms with van der Waals surface area (Å²) in [5.74, 6) is 0.745. The summed E-state index contributed by atoms with van der Waals surface area (Å²) in [6.45, 7) is 0. The fraction of sp³-hybridized carbons (Fsp3) is 0.250. The highest BCUT2D eigenvalue weighted by Crippen LogP contribution is 2.40. The molecule has 0 radical (unpaired) electrons. The van der Waals surface area contributed by atoms with E-state index in [-0.39, 0.29) is 0 Å². The summed E-state index contributed by atoms with van der Waals surface area (Å²) in [5.41, 5.74) is 3.18. The standard InChI is InChI=1S/C12H11NO/c14-8-10-2-1-5-13-7-11(6-12(10)13)9-3-4-9/h1-2,5-9H,3-4H2. The molecule has 14 heavy (non-hydrogen) atoms. The second-order valence-electron chi connectivity index (χ2n) is 3.92. The Labute approximate surface area is 82.2 Å². The number of hydrogen-bond acceptors (Lipinski definition) is 1. The van der Waals surface area contributed by atoms with Crippen molar-refractivity contribution in [3.63, 3.8) is 0 Å². The lowest BCUT2D eigenvalue weighted by Crippen LogP contribution is -1.86. The molecule has 2 aromatic heterocycles. The summed E-state index contributed by atoms with van der Waals surface area (Å²) < 4.78 is 2.04. The minimum Gasteiger partial charge on any atom is -0.323 e. The number of fused-ring (bicyclic) bond motifs is 1. The molecule has 1 saturated carbocycles. The van der Waals surface area contributed by atoms with Crippen LogP contribution < -0.4 is 0 Å². The lowest BCUT2D eigenvalue weighted by atomic mass is 10.2. The third kappa shape index (κ3) is 1.07. The Morgan fingerprint density at radius 3 is 3.00 bits per heavy atom. The molecule has 0 spiro atoms. The maximum absolute atomic E-state index is 10.8. The Bertz CT molecular complexity index is 494. The van der Waals surface area contributed by atoms with E-state index in [1.165, 1.54) is 18.4 Å². The normalized spacial score (nSPS) is 16.0. The zero-order valence-electron chi connectivity index (χ0n) is 7.81. The third-order valence-corrected chi connectivity index (χ3v) is 2.86. The molecule has 3 rings (SSSR count). The van der Waals surface area contributed by atoms with E-state index in [4.69, 9.17) is 0 Å². The number of nitrogens with zero attached hydrogens (tertiary/aromatic N) is 1. The number of aldehydes is 1. The van der Waals surface area contributed by atoms with Crippen molar-refractivity contribution in [2.75, 3.05) is 0 Å². The van der Waals surface area contributed by atoms with Crippen molar-refractivity contribution in [2.24, 2.45) is 0 Å². The van der Waals surface area contributed by atoms with E-state index >= 15 is 0 Å². The van der Waals surface area contributed by atoms with Gasteiger partial charge in [-0.25, -0.2) is 0 Å². The van der Waals surface area contributed by atoms with Gasteiger partial charge in [-0.05, 0) is 42.5 Å². The molecule has 0 saturated heterocycles. The van der Waals surface area contributed by atoms with Gasteiger partial charge in [0.15, 0.2) is 6.29 Å². The molecule has 0 N–H and O–H groups in total. The van der Waals surface area contributed by atoms with Crippen molar-refractivity contribution in [1.82, 2.24) is 4.40 Å². The molecule has 1 fully saturated rings. The zero-order chi connectivity index (χ0) is 9.54. The average Bonchev–Trinajstić information content (AvgIpc) is 2.97. The second kappa shape index (κ2) is 2.71. The van der Waals surface area contributed by atoms with E-state index in [2.05, 4.69) is 12.3 Å². The predicted octanol–water partition coefficient (Wildman–Crippen LogP) is 2.63. The molecule has 2 heterocycles. The van der Waals surface area contributed by atoms with Crippen LogP contribution in [0.15, 0.2) is 30.6 Å². The first-order valence-corrected chi connectivity index (χ1v) is 4.94. The molecule has 2 heteroatoms. The predicted molar refractivity (Wildman–Crippen MR) is 54.8 cm³/mol. The van der Waals surface area contributed by atoms with Gasteiger partial charge in [0.25, 0.3) is 0 Å². The van der Waals surface area contributed by atoms with Gasteiger partial charge in [-0.1, -0.05) is 0 Å². The second-order valence-corrected chi connectivity index (χ2v) is 3.92. The number of rotatable bonds is 2. The number of pyridine rings is 1. The molecule has 2 nitrogen and oxygen atoms in total. The molecule has 0 aliphatic heterocycles. The van der Waals surface area contributed by atoms with Gasteiger partial charge >= 0.3 is 0 Å². The van der Waals surface area contributed by atoms with Crippen molar-refractivity contribution >= 4 is 11.8 Å². The molecule has 0 bridgehead atoms. The highest BCUT2D eigenvalue weighted by atomic mass is 16.1. The van der Waals surface area contributed by atoms with Crippen molar-refractivity contribution in [3.8, 4) is 0 Å². The molecule has 70 valence electrons. The lowest BCUT2D eigenvalue weighted by Gasteiger charge is -1.94. The van der Waals surface area contributed by atoms with Crippen LogP contribution in [0.1, 0.15) is 34.7 Å². The largest absolute Gasteiger partial charge is 0.323 e. The van der Waals surface area contributed by atoms with Gasteiger partial charge in [-0.2, -0.15) is 0 Å². The smallest absolute Gasteiger partial charge is 0.152 e.